The van der Waals surface area contributed by atoms with Crippen molar-refractivity contribution in [3.63, 3.8) is 0 Å². The minimum absolute atomic E-state index is 0.00978. The second kappa shape index (κ2) is 7.38. The molecule has 2 rings (SSSR count). The van der Waals surface area contributed by atoms with E-state index >= 15 is 0 Å². The summed E-state index contributed by atoms with van der Waals surface area (Å²) in [4.78, 5) is 24.4. The van der Waals surface area contributed by atoms with Gasteiger partial charge in [-0.25, -0.2) is 0 Å². The van der Waals surface area contributed by atoms with Crippen molar-refractivity contribution in [2.24, 2.45) is 0 Å². The van der Waals surface area contributed by atoms with Gasteiger partial charge in [-0.15, -0.1) is 11.3 Å². The second-order valence-electron chi connectivity index (χ2n) is 4.74. The lowest BCUT2D eigenvalue weighted by Crippen LogP contribution is -2.26. The fraction of sp³-hybridized carbons (Fsp3) is 0.250. The molecule has 5 heteroatoms. The first-order valence-electron chi connectivity index (χ1n) is 6.68. The summed E-state index contributed by atoms with van der Waals surface area (Å²) < 4.78 is 0. The maximum atomic E-state index is 11.9. The van der Waals surface area contributed by atoms with Crippen LogP contribution >= 0.6 is 22.9 Å². The van der Waals surface area contributed by atoms with E-state index in [0.717, 1.165) is 5.56 Å². The van der Waals surface area contributed by atoms with Crippen molar-refractivity contribution in [2.45, 2.75) is 25.8 Å². The molecule has 1 N–H and O–H groups in total. The molecule has 0 aliphatic carbocycles. The molecule has 0 unspecified atom stereocenters. The number of Topliss-reactive ketones (excluding diaryl/α,β-unsaturated/α-hetero) is 1. The monoisotopic (exact) mass is 321 g/mol. The first-order valence-corrected chi connectivity index (χ1v) is 7.93. The summed E-state index contributed by atoms with van der Waals surface area (Å²) in [6.45, 7) is 1.89. The minimum atomic E-state index is -0.132. The van der Waals surface area contributed by atoms with Crippen molar-refractivity contribution in [3.8, 4) is 0 Å². The molecular formula is C16H16ClNO2S. The van der Waals surface area contributed by atoms with Crippen LogP contribution in [0.3, 0.4) is 0 Å². The molecule has 2 aromatic rings. The Kier molecular flexibility index (Phi) is 5.53. The smallest absolute Gasteiger partial charge is 0.220 e. The predicted octanol–water partition coefficient (Wildman–Crippen LogP) is 4.24. The number of rotatable bonds is 6. The van der Waals surface area contributed by atoms with Crippen LogP contribution in [0.25, 0.3) is 0 Å². The van der Waals surface area contributed by atoms with Crippen LogP contribution < -0.4 is 5.32 Å². The molecule has 21 heavy (non-hydrogen) atoms. The molecule has 0 aliphatic rings. The van der Waals surface area contributed by atoms with Gasteiger partial charge in [-0.2, -0.15) is 0 Å². The number of amides is 1. The Bertz CT molecular complexity index is 625. The van der Waals surface area contributed by atoms with Crippen LogP contribution in [0.15, 0.2) is 41.8 Å². The van der Waals surface area contributed by atoms with Gasteiger partial charge in [0.05, 0.1) is 10.9 Å². The Labute approximate surface area is 132 Å². The summed E-state index contributed by atoms with van der Waals surface area (Å²) in [7, 11) is 0. The van der Waals surface area contributed by atoms with Crippen LogP contribution in [-0.2, 0) is 4.79 Å². The lowest BCUT2D eigenvalue weighted by molar-refractivity contribution is -0.121. The maximum absolute atomic E-state index is 11.9. The fourth-order valence-electron chi connectivity index (χ4n) is 1.96. The average Bonchev–Trinajstić information content (AvgIpc) is 2.99. The zero-order valence-corrected chi connectivity index (χ0v) is 13.2. The Morgan fingerprint density at radius 1 is 1.24 bits per heavy atom. The molecule has 0 radical (unpaired) electrons. The average molecular weight is 322 g/mol. The van der Waals surface area contributed by atoms with Crippen molar-refractivity contribution < 1.29 is 9.59 Å². The number of hydrogen-bond acceptors (Lipinski definition) is 3. The Morgan fingerprint density at radius 2 is 2.05 bits per heavy atom. The third kappa shape index (κ3) is 4.69. The Hall–Kier alpha value is -1.65. The standard InChI is InChI=1S/C16H16ClNO2S/c1-11(12-4-2-5-13(17)10-12)18-16(20)8-7-14(19)15-6-3-9-21-15/h2-6,9-11H,7-8H2,1H3,(H,18,20)/t11-/m0/s1. The molecule has 0 aliphatic heterocycles. The molecule has 0 saturated carbocycles. The van der Waals surface area contributed by atoms with Crippen LogP contribution in [0.1, 0.15) is 41.0 Å². The minimum Gasteiger partial charge on any atom is -0.350 e. The van der Waals surface area contributed by atoms with Gasteiger partial charge in [-0.1, -0.05) is 29.8 Å². The largest absolute Gasteiger partial charge is 0.350 e. The highest BCUT2D eigenvalue weighted by atomic mass is 35.5. The third-order valence-corrected chi connectivity index (χ3v) is 4.25. The van der Waals surface area contributed by atoms with Gasteiger partial charge in [0, 0.05) is 17.9 Å². The van der Waals surface area contributed by atoms with Gasteiger partial charge < -0.3 is 5.32 Å². The molecule has 3 nitrogen and oxygen atoms in total. The van der Waals surface area contributed by atoms with Crippen molar-refractivity contribution in [1.29, 1.82) is 0 Å². The van der Waals surface area contributed by atoms with E-state index in [4.69, 9.17) is 11.6 Å². The Balaban J connectivity index is 1.83. The lowest BCUT2D eigenvalue weighted by Gasteiger charge is -2.14. The van der Waals surface area contributed by atoms with Crippen molar-refractivity contribution in [3.05, 3.63) is 57.2 Å². The predicted molar refractivity (Wildman–Crippen MR) is 85.9 cm³/mol. The highest BCUT2D eigenvalue weighted by molar-refractivity contribution is 7.12. The number of ketones is 1. The number of thiophene rings is 1. The van der Waals surface area contributed by atoms with Crippen LogP contribution in [0.2, 0.25) is 5.02 Å². The van der Waals surface area contributed by atoms with Gasteiger partial charge in [0.25, 0.3) is 0 Å². The van der Waals surface area contributed by atoms with E-state index in [-0.39, 0.29) is 30.6 Å². The quantitative estimate of drug-likeness (QED) is 0.809. The maximum Gasteiger partial charge on any atom is 0.220 e. The fourth-order valence-corrected chi connectivity index (χ4v) is 2.85. The molecule has 1 amide bonds. The molecule has 0 fully saturated rings. The highest BCUT2D eigenvalue weighted by Crippen LogP contribution is 2.18. The van der Waals surface area contributed by atoms with Gasteiger partial charge in [0.15, 0.2) is 5.78 Å². The zero-order chi connectivity index (χ0) is 15.2. The molecule has 1 aromatic carbocycles. The van der Waals surface area contributed by atoms with E-state index in [1.54, 1.807) is 12.1 Å². The van der Waals surface area contributed by atoms with Gasteiger partial charge in [-0.3, -0.25) is 9.59 Å². The normalized spacial score (nSPS) is 11.9. The van der Waals surface area contributed by atoms with Crippen LogP contribution in [-0.4, -0.2) is 11.7 Å². The molecule has 1 atom stereocenters. The van der Waals surface area contributed by atoms with E-state index in [2.05, 4.69) is 5.32 Å². The molecule has 0 saturated heterocycles. The third-order valence-electron chi connectivity index (χ3n) is 3.10. The van der Waals surface area contributed by atoms with E-state index in [1.165, 1.54) is 11.3 Å². The molecule has 110 valence electrons. The highest BCUT2D eigenvalue weighted by Gasteiger charge is 2.13. The number of carbonyl (C=O) groups is 2. The topological polar surface area (TPSA) is 46.2 Å². The van der Waals surface area contributed by atoms with E-state index < -0.39 is 0 Å². The van der Waals surface area contributed by atoms with Gasteiger partial charge in [0.1, 0.15) is 0 Å². The summed E-state index contributed by atoms with van der Waals surface area (Å²) in [6.07, 6.45) is 0.427. The van der Waals surface area contributed by atoms with E-state index in [0.29, 0.717) is 9.90 Å². The molecule has 1 aromatic heterocycles. The first-order chi connectivity index (χ1) is 10.1. The van der Waals surface area contributed by atoms with Crippen molar-refractivity contribution in [1.82, 2.24) is 5.32 Å². The first kappa shape index (κ1) is 15.7. The number of halogens is 1. The summed E-state index contributed by atoms with van der Waals surface area (Å²) in [5, 5.41) is 5.37. The molecule has 0 bridgehead atoms. The summed E-state index contributed by atoms with van der Waals surface area (Å²) in [6, 6.07) is 10.9. The summed E-state index contributed by atoms with van der Waals surface area (Å²) in [5.74, 6) is -0.122. The van der Waals surface area contributed by atoms with E-state index in [9.17, 15) is 9.59 Å². The SMILES string of the molecule is C[C@H](NC(=O)CCC(=O)c1cccs1)c1cccc(Cl)c1. The number of hydrogen-bond donors (Lipinski definition) is 1. The molecule has 0 spiro atoms. The molecular weight excluding hydrogens is 306 g/mol. The molecule has 1 heterocycles. The van der Waals surface area contributed by atoms with E-state index in [1.807, 2.05) is 36.6 Å². The van der Waals surface area contributed by atoms with Crippen molar-refractivity contribution in [2.75, 3.05) is 0 Å². The summed E-state index contributed by atoms with van der Waals surface area (Å²) in [5.41, 5.74) is 0.945. The summed E-state index contributed by atoms with van der Waals surface area (Å²) >= 11 is 7.33. The van der Waals surface area contributed by atoms with Gasteiger partial charge in [-0.05, 0) is 36.1 Å². The Morgan fingerprint density at radius 3 is 2.71 bits per heavy atom. The number of nitrogens with one attached hydrogen (secondary N) is 1. The number of carbonyl (C=O) groups excluding carboxylic acids is 2. The van der Waals surface area contributed by atoms with Crippen LogP contribution in [0.4, 0.5) is 0 Å². The number of benzene rings is 1. The lowest BCUT2D eigenvalue weighted by atomic mass is 10.1. The van der Waals surface area contributed by atoms with Crippen LogP contribution in [0.5, 0.6) is 0 Å². The second-order valence-corrected chi connectivity index (χ2v) is 6.13. The van der Waals surface area contributed by atoms with Crippen molar-refractivity contribution >= 4 is 34.6 Å². The zero-order valence-electron chi connectivity index (χ0n) is 11.6. The van der Waals surface area contributed by atoms with Crippen LogP contribution in [0, 0.1) is 0 Å². The van der Waals surface area contributed by atoms with Gasteiger partial charge >= 0.3 is 0 Å². The van der Waals surface area contributed by atoms with Gasteiger partial charge in [0.2, 0.25) is 5.91 Å².